The zero-order chi connectivity index (χ0) is 14.7. The van der Waals surface area contributed by atoms with E-state index in [1.54, 1.807) is 12.5 Å². The molecule has 8 nitrogen and oxygen atoms in total. The van der Waals surface area contributed by atoms with Gasteiger partial charge < -0.3 is 4.74 Å². The number of H-pyrrole nitrogens is 1. The summed E-state index contributed by atoms with van der Waals surface area (Å²) in [4.78, 5) is 16.3. The van der Waals surface area contributed by atoms with Gasteiger partial charge in [0.15, 0.2) is 0 Å². The molecular weight excluding hydrogens is 292 g/mol. The topological polar surface area (TPSA) is 106 Å². The Morgan fingerprint density at radius 2 is 2.24 bits per heavy atom. The predicted molar refractivity (Wildman–Crippen MR) is 76.2 cm³/mol. The van der Waals surface area contributed by atoms with E-state index in [0.717, 1.165) is 5.56 Å². The summed E-state index contributed by atoms with van der Waals surface area (Å²) in [7, 11) is 1.59. The minimum absolute atomic E-state index is 0.104. The van der Waals surface area contributed by atoms with E-state index in [1.165, 1.54) is 11.3 Å². The monoisotopic (exact) mass is 302 g/mol. The second-order valence-corrected chi connectivity index (χ2v) is 4.79. The first kappa shape index (κ1) is 13.2. The lowest BCUT2D eigenvalue weighted by Crippen LogP contribution is -2.13. The molecule has 2 N–H and O–H groups in total. The fraction of sp³-hybridized carbons (Fsp3) is 0.0833. The van der Waals surface area contributed by atoms with Crippen molar-refractivity contribution in [3.8, 4) is 16.3 Å². The Balaban J connectivity index is 1.84. The van der Waals surface area contributed by atoms with Crippen LogP contribution in [0.2, 0.25) is 0 Å². The molecule has 0 fully saturated rings. The van der Waals surface area contributed by atoms with Crippen molar-refractivity contribution in [3.05, 3.63) is 35.3 Å². The van der Waals surface area contributed by atoms with Gasteiger partial charge in [-0.05, 0) is 17.3 Å². The first-order valence-electron chi connectivity index (χ1n) is 5.91. The molecule has 0 radical (unpaired) electrons. The summed E-state index contributed by atoms with van der Waals surface area (Å²) in [5.74, 6) is 0.414. The number of para-hydroxylation sites is 1. The maximum atomic E-state index is 12.0. The molecule has 0 atom stereocenters. The predicted octanol–water partition coefficient (Wildman–Crippen LogP) is 1.58. The number of anilines is 1. The summed E-state index contributed by atoms with van der Waals surface area (Å²) < 4.78 is 5.29. The highest BCUT2D eigenvalue weighted by Gasteiger charge is 2.15. The number of methoxy groups -OCH3 is 1. The Morgan fingerprint density at radius 1 is 1.38 bits per heavy atom. The van der Waals surface area contributed by atoms with Gasteiger partial charge in [-0.2, -0.15) is 5.21 Å². The molecular formula is C12H10N6O2S. The normalized spacial score (nSPS) is 10.3. The van der Waals surface area contributed by atoms with Crippen molar-refractivity contribution in [1.29, 1.82) is 0 Å². The number of amides is 1. The zero-order valence-electron chi connectivity index (χ0n) is 10.9. The molecule has 0 saturated carbocycles. The Labute approximate surface area is 123 Å². The molecule has 0 spiro atoms. The molecule has 9 heteroatoms. The molecule has 2 aromatic heterocycles. The van der Waals surface area contributed by atoms with Crippen LogP contribution in [0.15, 0.2) is 29.6 Å². The largest absolute Gasteiger partial charge is 0.496 e. The highest BCUT2D eigenvalue weighted by molar-refractivity contribution is 7.13. The van der Waals surface area contributed by atoms with Gasteiger partial charge >= 0.3 is 0 Å². The number of carbonyl (C=O) groups is 1. The van der Waals surface area contributed by atoms with Gasteiger partial charge in [-0.25, -0.2) is 4.98 Å². The number of nitrogens with zero attached hydrogens (tertiary/aromatic N) is 4. The average Bonchev–Trinajstić information content (AvgIpc) is 3.18. The number of thiazole rings is 1. The molecule has 0 saturated heterocycles. The summed E-state index contributed by atoms with van der Waals surface area (Å²) in [6.45, 7) is 0. The van der Waals surface area contributed by atoms with Gasteiger partial charge in [0.25, 0.3) is 11.9 Å². The molecule has 1 amide bonds. The van der Waals surface area contributed by atoms with E-state index in [0.29, 0.717) is 10.8 Å². The van der Waals surface area contributed by atoms with Crippen molar-refractivity contribution in [3.63, 3.8) is 0 Å². The second-order valence-electron chi connectivity index (χ2n) is 3.93. The third-order valence-corrected chi connectivity index (χ3v) is 3.52. The van der Waals surface area contributed by atoms with Crippen LogP contribution >= 0.6 is 11.3 Å². The maximum absolute atomic E-state index is 12.0. The molecule has 1 aromatic carbocycles. The minimum Gasteiger partial charge on any atom is -0.496 e. The van der Waals surface area contributed by atoms with Gasteiger partial charge in [-0.15, -0.1) is 16.4 Å². The number of benzene rings is 1. The lowest BCUT2D eigenvalue weighted by Gasteiger charge is -2.04. The summed E-state index contributed by atoms with van der Waals surface area (Å²) in [6.07, 6.45) is 0. The number of hydrogen-bond donors (Lipinski definition) is 2. The number of aromatic nitrogens is 5. The van der Waals surface area contributed by atoms with Crippen LogP contribution < -0.4 is 10.1 Å². The first-order valence-corrected chi connectivity index (χ1v) is 6.79. The van der Waals surface area contributed by atoms with Gasteiger partial charge in [-0.1, -0.05) is 17.2 Å². The third kappa shape index (κ3) is 2.72. The van der Waals surface area contributed by atoms with E-state index in [9.17, 15) is 4.79 Å². The van der Waals surface area contributed by atoms with Crippen LogP contribution in [0, 0.1) is 0 Å². The van der Waals surface area contributed by atoms with Gasteiger partial charge in [0.05, 0.1) is 12.7 Å². The Kier molecular flexibility index (Phi) is 3.56. The van der Waals surface area contributed by atoms with E-state index in [1.807, 2.05) is 24.3 Å². The summed E-state index contributed by atoms with van der Waals surface area (Å²) in [6, 6.07) is 7.49. The van der Waals surface area contributed by atoms with Gasteiger partial charge in [-0.3, -0.25) is 10.1 Å². The van der Waals surface area contributed by atoms with Gasteiger partial charge in [0, 0.05) is 5.38 Å². The van der Waals surface area contributed by atoms with Gasteiger partial charge in [0.2, 0.25) is 0 Å². The number of nitrogens with one attached hydrogen (secondary N) is 2. The molecule has 0 aliphatic carbocycles. The van der Waals surface area contributed by atoms with Crippen molar-refractivity contribution < 1.29 is 9.53 Å². The van der Waals surface area contributed by atoms with E-state index < -0.39 is 5.91 Å². The standard InChI is InChI=1S/C12H10N6O2S/c1-20-9-5-3-2-4-7(9)11-13-8(6-21-11)10(19)14-12-15-17-18-16-12/h2-6H,1H3,(H2,14,15,16,17,18,19). The lowest BCUT2D eigenvalue weighted by molar-refractivity contribution is 0.102. The van der Waals surface area contributed by atoms with E-state index >= 15 is 0 Å². The molecule has 3 rings (SSSR count). The number of rotatable bonds is 4. The molecule has 0 unspecified atom stereocenters. The second kappa shape index (κ2) is 5.67. The molecule has 106 valence electrons. The molecule has 2 heterocycles. The van der Waals surface area contributed by atoms with Crippen molar-refractivity contribution in [2.24, 2.45) is 0 Å². The smallest absolute Gasteiger partial charge is 0.277 e. The molecule has 21 heavy (non-hydrogen) atoms. The highest BCUT2D eigenvalue weighted by Crippen LogP contribution is 2.31. The number of hydrogen-bond acceptors (Lipinski definition) is 7. The van der Waals surface area contributed by atoms with Crippen LogP contribution in [0.3, 0.4) is 0 Å². The molecule has 0 bridgehead atoms. The van der Waals surface area contributed by atoms with Crippen LogP contribution in [0.5, 0.6) is 5.75 Å². The van der Waals surface area contributed by atoms with Crippen LogP contribution in [0.4, 0.5) is 5.95 Å². The Morgan fingerprint density at radius 3 is 3.00 bits per heavy atom. The zero-order valence-corrected chi connectivity index (χ0v) is 11.7. The van der Waals surface area contributed by atoms with Crippen LogP contribution in [0.25, 0.3) is 10.6 Å². The SMILES string of the molecule is COc1ccccc1-c1nc(C(=O)Nc2nn[nH]n2)cs1. The molecule has 0 aliphatic rings. The van der Waals surface area contributed by atoms with Crippen molar-refractivity contribution >= 4 is 23.2 Å². The van der Waals surface area contributed by atoms with Crippen molar-refractivity contribution in [2.75, 3.05) is 12.4 Å². The van der Waals surface area contributed by atoms with Crippen LogP contribution in [-0.4, -0.2) is 38.6 Å². The minimum atomic E-state index is -0.395. The maximum Gasteiger partial charge on any atom is 0.277 e. The first-order chi connectivity index (χ1) is 10.3. The fourth-order valence-corrected chi connectivity index (χ4v) is 2.53. The van der Waals surface area contributed by atoms with Crippen molar-refractivity contribution in [2.45, 2.75) is 0 Å². The van der Waals surface area contributed by atoms with E-state index in [2.05, 4.69) is 30.9 Å². The highest BCUT2D eigenvalue weighted by atomic mass is 32.1. The third-order valence-electron chi connectivity index (χ3n) is 2.64. The van der Waals surface area contributed by atoms with E-state index in [4.69, 9.17) is 4.74 Å². The average molecular weight is 302 g/mol. The van der Waals surface area contributed by atoms with Crippen LogP contribution in [0.1, 0.15) is 10.5 Å². The Hall–Kier alpha value is -2.81. The Bertz CT molecular complexity index is 755. The fourth-order valence-electron chi connectivity index (χ4n) is 1.70. The molecule has 0 aliphatic heterocycles. The quantitative estimate of drug-likeness (QED) is 0.758. The summed E-state index contributed by atoms with van der Waals surface area (Å²) >= 11 is 1.36. The number of carbonyl (C=O) groups excluding carboxylic acids is 1. The summed E-state index contributed by atoms with van der Waals surface area (Å²) in [5, 5.41) is 17.8. The summed E-state index contributed by atoms with van der Waals surface area (Å²) in [5.41, 5.74) is 1.12. The molecule has 3 aromatic rings. The number of tetrazole rings is 1. The number of aromatic amines is 1. The van der Waals surface area contributed by atoms with Crippen LogP contribution in [-0.2, 0) is 0 Å². The van der Waals surface area contributed by atoms with E-state index in [-0.39, 0.29) is 11.6 Å². The van der Waals surface area contributed by atoms with Gasteiger partial charge in [0.1, 0.15) is 16.5 Å². The number of ether oxygens (including phenoxy) is 1. The van der Waals surface area contributed by atoms with Crippen molar-refractivity contribution in [1.82, 2.24) is 25.6 Å². The lowest BCUT2D eigenvalue weighted by atomic mass is 10.2.